The molecule has 3 aliphatic rings. The molecule has 3 saturated heterocycles. The van der Waals surface area contributed by atoms with E-state index in [0.29, 0.717) is 30.7 Å². The fraction of sp³-hybridized carbons (Fsp3) is 0.652. The number of carbonyl (C=O) groups is 2. The summed E-state index contributed by atoms with van der Waals surface area (Å²) in [6, 6.07) is 10.1. The summed E-state index contributed by atoms with van der Waals surface area (Å²) in [6.07, 6.45) is 5.39. The van der Waals surface area contributed by atoms with Crippen molar-refractivity contribution >= 4 is 28.9 Å². The Labute approximate surface area is 189 Å². The van der Waals surface area contributed by atoms with Gasteiger partial charge in [-0.1, -0.05) is 50.1 Å². The average Bonchev–Trinajstić information content (AvgIpc) is 3.47. The molecule has 166 valence electrons. The SMILES string of the molecule is Br.CCCCCC(=O)OC[C@@H](C(=O)O[C@@H]1C[C@@H]2[C@H]3O[C@H]3[C@H](C1)N2C)c1ccccc1. The first-order chi connectivity index (χ1) is 14.1. The van der Waals surface area contributed by atoms with Crippen LogP contribution in [0.15, 0.2) is 30.3 Å². The van der Waals surface area contributed by atoms with E-state index >= 15 is 0 Å². The summed E-state index contributed by atoms with van der Waals surface area (Å²) in [6.45, 7) is 2.12. The van der Waals surface area contributed by atoms with Crippen LogP contribution in [0.3, 0.4) is 0 Å². The Bertz CT molecular complexity index is 712. The summed E-state index contributed by atoms with van der Waals surface area (Å²) in [5, 5.41) is 0. The molecule has 0 unspecified atom stereocenters. The summed E-state index contributed by atoms with van der Waals surface area (Å²) in [5.74, 6) is -1.14. The third kappa shape index (κ3) is 5.06. The van der Waals surface area contributed by atoms with Crippen molar-refractivity contribution in [2.45, 2.75) is 81.8 Å². The average molecular weight is 482 g/mol. The standard InChI is InChI=1S/C23H31NO5.BrH/c1-3-4-6-11-20(25)27-14-17(15-9-7-5-8-10-15)23(26)28-16-12-18-21-22(29-21)19(13-16)24(18)2;/h5,7-10,16-19,21-22H,3-4,6,11-14H2,1-2H3;1H/t16-,17-,18-,19+,21-,22+;/m1./s1. The molecule has 0 saturated carbocycles. The third-order valence-electron chi connectivity index (χ3n) is 6.54. The van der Waals surface area contributed by atoms with Crippen molar-refractivity contribution in [2.24, 2.45) is 0 Å². The van der Waals surface area contributed by atoms with E-state index in [1.807, 2.05) is 30.3 Å². The highest BCUT2D eigenvalue weighted by Crippen LogP contribution is 2.48. The molecule has 1 aromatic carbocycles. The molecule has 0 amide bonds. The summed E-state index contributed by atoms with van der Waals surface area (Å²) in [5.41, 5.74) is 0.820. The van der Waals surface area contributed by atoms with Gasteiger partial charge in [-0.3, -0.25) is 14.5 Å². The fourth-order valence-electron chi connectivity index (χ4n) is 4.80. The number of nitrogens with zero attached hydrogens (tertiary/aromatic N) is 1. The first kappa shape index (κ1) is 23.2. The monoisotopic (exact) mass is 481 g/mol. The zero-order valence-electron chi connectivity index (χ0n) is 17.7. The van der Waals surface area contributed by atoms with Crippen LogP contribution in [0.4, 0.5) is 0 Å². The highest BCUT2D eigenvalue weighted by atomic mass is 79.9. The van der Waals surface area contributed by atoms with Crippen molar-refractivity contribution in [2.75, 3.05) is 13.7 Å². The van der Waals surface area contributed by atoms with Crippen LogP contribution in [0.2, 0.25) is 0 Å². The van der Waals surface area contributed by atoms with Gasteiger partial charge in [0.2, 0.25) is 0 Å². The number of carbonyl (C=O) groups excluding carboxylic acids is 2. The van der Waals surface area contributed by atoms with Crippen LogP contribution in [0, 0.1) is 0 Å². The number of ether oxygens (including phenoxy) is 3. The molecule has 1 aromatic rings. The van der Waals surface area contributed by atoms with E-state index in [1.54, 1.807) is 0 Å². The Morgan fingerprint density at radius 1 is 1.13 bits per heavy atom. The van der Waals surface area contributed by atoms with Gasteiger partial charge in [0.15, 0.2) is 0 Å². The van der Waals surface area contributed by atoms with E-state index in [1.165, 1.54) is 0 Å². The van der Waals surface area contributed by atoms with Crippen molar-refractivity contribution in [3.05, 3.63) is 35.9 Å². The quantitative estimate of drug-likeness (QED) is 0.304. The van der Waals surface area contributed by atoms with Gasteiger partial charge >= 0.3 is 11.9 Å². The van der Waals surface area contributed by atoms with Gasteiger partial charge in [-0.15, -0.1) is 17.0 Å². The number of likely N-dealkylation sites (N-methyl/N-ethyl adjacent to an activating group) is 1. The minimum atomic E-state index is -0.589. The predicted molar refractivity (Wildman–Crippen MR) is 118 cm³/mol. The molecule has 0 radical (unpaired) electrons. The maximum atomic E-state index is 13.0. The number of unbranched alkanes of at least 4 members (excludes halogenated alkanes) is 2. The zero-order valence-corrected chi connectivity index (χ0v) is 19.4. The minimum absolute atomic E-state index is 0. The molecular weight excluding hydrogens is 450 g/mol. The number of epoxide rings is 1. The number of rotatable bonds is 9. The number of morpholine rings is 1. The van der Waals surface area contributed by atoms with E-state index in [-0.39, 0.29) is 41.6 Å². The van der Waals surface area contributed by atoms with Crippen molar-refractivity contribution in [3.63, 3.8) is 0 Å². The van der Waals surface area contributed by atoms with Crippen LogP contribution in [0.1, 0.15) is 56.9 Å². The van der Waals surface area contributed by atoms with E-state index < -0.39 is 5.92 Å². The van der Waals surface area contributed by atoms with Crippen LogP contribution in [0.25, 0.3) is 0 Å². The highest BCUT2D eigenvalue weighted by molar-refractivity contribution is 8.93. The van der Waals surface area contributed by atoms with Crippen molar-refractivity contribution in [1.29, 1.82) is 0 Å². The van der Waals surface area contributed by atoms with Crippen LogP contribution >= 0.6 is 17.0 Å². The molecule has 7 heteroatoms. The number of piperidine rings is 1. The number of fused-ring (bicyclic) bond motifs is 5. The molecule has 2 bridgehead atoms. The maximum absolute atomic E-state index is 13.0. The Morgan fingerprint density at radius 2 is 1.80 bits per heavy atom. The van der Waals surface area contributed by atoms with Crippen LogP contribution in [-0.4, -0.2) is 60.9 Å². The lowest BCUT2D eigenvalue weighted by Crippen LogP contribution is -2.48. The number of halogens is 1. The van der Waals surface area contributed by atoms with E-state index in [9.17, 15) is 9.59 Å². The maximum Gasteiger partial charge on any atom is 0.317 e. The smallest absolute Gasteiger partial charge is 0.317 e. The van der Waals surface area contributed by atoms with Crippen molar-refractivity contribution in [1.82, 2.24) is 4.90 Å². The van der Waals surface area contributed by atoms with Crippen LogP contribution in [-0.2, 0) is 23.8 Å². The van der Waals surface area contributed by atoms with E-state index in [4.69, 9.17) is 14.2 Å². The minimum Gasteiger partial charge on any atom is -0.464 e. The Balaban J connectivity index is 0.00000256. The predicted octanol–water partition coefficient (Wildman–Crippen LogP) is 3.63. The molecule has 0 spiro atoms. The summed E-state index contributed by atoms with van der Waals surface area (Å²) >= 11 is 0. The lowest BCUT2D eigenvalue weighted by Gasteiger charge is -2.38. The van der Waals surface area contributed by atoms with Gasteiger partial charge in [-0.05, 0) is 19.0 Å². The Kier molecular flexibility index (Phi) is 7.93. The van der Waals surface area contributed by atoms with Gasteiger partial charge in [-0.25, -0.2) is 0 Å². The lowest BCUT2D eigenvalue weighted by atomic mass is 9.97. The first-order valence-electron chi connectivity index (χ1n) is 10.9. The number of benzene rings is 1. The molecule has 0 aliphatic carbocycles. The summed E-state index contributed by atoms with van der Waals surface area (Å²) < 4.78 is 17.1. The van der Waals surface area contributed by atoms with Crippen molar-refractivity contribution < 1.29 is 23.8 Å². The van der Waals surface area contributed by atoms with Gasteiger partial charge in [0.25, 0.3) is 0 Å². The van der Waals surface area contributed by atoms with Crippen molar-refractivity contribution in [3.8, 4) is 0 Å². The lowest BCUT2D eigenvalue weighted by molar-refractivity contribution is -0.159. The fourth-order valence-corrected chi connectivity index (χ4v) is 4.80. The largest absolute Gasteiger partial charge is 0.464 e. The second kappa shape index (κ2) is 10.2. The first-order valence-corrected chi connectivity index (χ1v) is 10.9. The molecule has 3 fully saturated rings. The summed E-state index contributed by atoms with van der Waals surface area (Å²) in [4.78, 5) is 27.4. The molecule has 6 atom stereocenters. The van der Waals surface area contributed by atoms with E-state index in [0.717, 1.165) is 37.7 Å². The number of hydrogen-bond acceptors (Lipinski definition) is 6. The Morgan fingerprint density at radius 3 is 2.43 bits per heavy atom. The van der Waals surface area contributed by atoms with Gasteiger partial charge in [0.1, 0.15) is 30.8 Å². The summed E-state index contributed by atoms with van der Waals surface area (Å²) in [7, 11) is 2.13. The van der Waals surface area contributed by atoms with Gasteiger partial charge in [0.05, 0.1) is 0 Å². The highest BCUT2D eigenvalue weighted by Gasteiger charge is 2.62. The Hall–Kier alpha value is -1.44. The zero-order chi connectivity index (χ0) is 20.4. The molecule has 4 rings (SSSR count). The second-order valence-corrected chi connectivity index (χ2v) is 8.50. The number of esters is 2. The molecular formula is C23H32BrNO5. The molecule has 30 heavy (non-hydrogen) atoms. The molecule has 3 aliphatic heterocycles. The molecule has 3 heterocycles. The molecule has 0 N–H and O–H groups in total. The van der Waals surface area contributed by atoms with Gasteiger partial charge < -0.3 is 14.2 Å². The van der Waals surface area contributed by atoms with Crippen LogP contribution in [0.5, 0.6) is 0 Å². The topological polar surface area (TPSA) is 68.4 Å². The number of hydrogen-bond donors (Lipinski definition) is 0. The molecule has 0 aromatic heterocycles. The van der Waals surface area contributed by atoms with E-state index in [2.05, 4.69) is 18.9 Å². The normalized spacial score (nSPS) is 30.0. The molecule has 6 nitrogen and oxygen atoms in total. The second-order valence-electron chi connectivity index (χ2n) is 8.50. The van der Waals surface area contributed by atoms with Crippen LogP contribution < -0.4 is 0 Å². The van der Waals surface area contributed by atoms with Gasteiger partial charge in [0, 0.05) is 31.3 Å². The van der Waals surface area contributed by atoms with Gasteiger partial charge in [-0.2, -0.15) is 0 Å². The third-order valence-corrected chi connectivity index (χ3v) is 6.54.